The minimum absolute atomic E-state index is 0.133. The predicted octanol–water partition coefficient (Wildman–Crippen LogP) is 2.93. The highest BCUT2D eigenvalue weighted by Crippen LogP contribution is 2.24. The first-order valence-electron chi connectivity index (χ1n) is 5.79. The number of carbonyl (C=O) groups is 1. The van der Waals surface area contributed by atoms with Crippen LogP contribution in [0, 0.1) is 0 Å². The Morgan fingerprint density at radius 2 is 1.67 bits per heavy atom. The molecule has 0 aliphatic heterocycles. The lowest BCUT2D eigenvalue weighted by atomic mass is 10.1. The zero-order chi connectivity index (χ0) is 13.0. The van der Waals surface area contributed by atoms with Gasteiger partial charge in [0.25, 0.3) is 5.91 Å². The monoisotopic (exact) mass is 241 g/mol. The summed E-state index contributed by atoms with van der Waals surface area (Å²) in [5.74, 6) is 0.0345. The molecular formula is C15H15NO2. The van der Waals surface area contributed by atoms with Crippen LogP contribution in [0.4, 0.5) is 0 Å². The van der Waals surface area contributed by atoms with E-state index < -0.39 is 5.91 Å². The van der Waals surface area contributed by atoms with Crippen molar-refractivity contribution in [3.05, 3.63) is 65.7 Å². The Kier molecular flexibility index (Phi) is 3.63. The number of nitrogens with two attached hydrogens (primary N) is 1. The Balaban J connectivity index is 2.22. The van der Waals surface area contributed by atoms with Crippen LogP contribution in [0.5, 0.6) is 5.75 Å². The molecule has 0 bridgehead atoms. The van der Waals surface area contributed by atoms with E-state index in [1.54, 1.807) is 18.2 Å². The third-order valence-corrected chi connectivity index (χ3v) is 2.73. The maximum Gasteiger partial charge on any atom is 0.252 e. The number of rotatable bonds is 4. The molecule has 3 nitrogen and oxygen atoms in total. The van der Waals surface area contributed by atoms with E-state index in [1.165, 1.54) is 0 Å². The average Bonchev–Trinajstić information content (AvgIpc) is 2.40. The number of carbonyl (C=O) groups excluding carboxylic acids is 1. The normalized spacial score (nSPS) is 11.8. The quantitative estimate of drug-likeness (QED) is 0.894. The van der Waals surface area contributed by atoms with Crippen molar-refractivity contribution in [1.29, 1.82) is 0 Å². The van der Waals surface area contributed by atoms with E-state index in [-0.39, 0.29) is 6.10 Å². The lowest BCUT2D eigenvalue weighted by Gasteiger charge is -2.16. The molecule has 0 saturated carbocycles. The molecule has 0 heterocycles. The minimum Gasteiger partial charge on any atom is -0.485 e. The van der Waals surface area contributed by atoms with Gasteiger partial charge in [0, 0.05) is 0 Å². The molecule has 0 saturated heterocycles. The zero-order valence-corrected chi connectivity index (χ0v) is 10.2. The Morgan fingerprint density at radius 1 is 1.06 bits per heavy atom. The van der Waals surface area contributed by atoms with Gasteiger partial charge in [0.2, 0.25) is 0 Å². The van der Waals surface area contributed by atoms with Crippen LogP contribution in [-0.2, 0) is 0 Å². The third-order valence-electron chi connectivity index (χ3n) is 2.73. The van der Waals surface area contributed by atoms with Crippen molar-refractivity contribution in [1.82, 2.24) is 0 Å². The fourth-order valence-electron chi connectivity index (χ4n) is 1.76. The molecule has 1 atom stereocenters. The lowest BCUT2D eigenvalue weighted by Crippen LogP contribution is -2.14. The van der Waals surface area contributed by atoms with E-state index in [2.05, 4.69) is 0 Å². The number of ether oxygens (including phenoxy) is 1. The zero-order valence-electron chi connectivity index (χ0n) is 10.2. The molecule has 3 heteroatoms. The minimum atomic E-state index is -0.481. The fourth-order valence-corrected chi connectivity index (χ4v) is 1.76. The summed E-state index contributed by atoms with van der Waals surface area (Å²) in [6.45, 7) is 1.94. The number of benzene rings is 2. The lowest BCUT2D eigenvalue weighted by molar-refractivity contribution is 0.0993. The van der Waals surface area contributed by atoms with Gasteiger partial charge in [0.15, 0.2) is 0 Å². The van der Waals surface area contributed by atoms with Crippen LogP contribution in [0.15, 0.2) is 54.6 Å². The Hall–Kier alpha value is -2.29. The van der Waals surface area contributed by atoms with Gasteiger partial charge in [-0.3, -0.25) is 4.79 Å². The van der Waals surface area contributed by atoms with Crippen LogP contribution in [-0.4, -0.2) is 5.91 Å². The summed E-state index contributed by atoms with van der Waals surface area (Å²) in [5.41, 5.74) is 6.77. The molecule has 0 aliphatic carbocycles. The number of hydrogen-bond acceptors (Lipinski definition) is 2. The van der Waals surface area contributed by atoms with Crippen molar-refractivity contribution in [2.24, 2.45) is 5.73 Å². The highest BCUT2D eigenvalue weighted by atomic mass is 16.5. The molecule has 2 aromatic carbocycles. The van der Waals surface area contributed by atoms with Gasteiger partial charge in [-0.15, -0.1) is 0 Å². The first-order valence-corrected chi connectivity index (χ1v) is 5.79. The highest BCUT2D eigenvalue weighted by molar-refractivity contribution is 5.95. The molecule has 92 valence electrons. The maximum atomic E-state index is 11.3. The SMILES string of the molecule is CC(Oc1ccccc1C(N)=O)c1ccccc1. The summed E-state index contributed by atoms with van der Waals surface area (Å²) in [6.07, 6.45) is -0.133. The largest absolute Gasteiger partial charge is 0.485 e. The van der Waals surface area contributed by atoms with Gasteiger partial charge < -0.3 is 10.5 Å². The molecule has 0 fully saturated rings. The van der Waals surface area contributed by atoms with Gasteiger partial charge in [0.05, 0.1) is 5.56 Å². The smallest absolute Gasteiger partial charge is 0.252 e. The highest BCUT2D eigenvalue weighted by Gasteiger charge is 2.12. The van der Waals surface area contributed by atoms with Crippen LogP contribution in [0.3, 0.4) is 0 Å². The van der Waals surface area contributed by atoms with E-state index in [9.17, 15) is 4.79 Å². The molecule has 1 unspecified atom stereocenters. The summed E-state index contributed by atoms with van der Waals surface area (Å²) < 4.78 is 5.79. The third kappa shape index (κ3) is 2.69. The molecule has 1 amide bonds. The number of para-hydroxylation sites is 1. The van der Waals surface area contributed by atoms with Gasteiger partial charge >= 0.3 is 0 Å². The second kappa shape index (κ2) is 5.36. The summed E-state index contributed by atoms with van der Waals surface area (Å²) in [7, 11) is 0. The molecule has 0 aliphatic rings. The Morgan fingerprint density at radius 3 is 2.33 bits per heavy atom. The van der Waals surface area contributed by atoms with Crippen LogP contribution in [0.25, 0.3) is 0 Å². The molecular weight excluding hydrogens is 226 g/mol. The van der Waals surface area contributed by atoms with Crippen LogP contribution in [0.2, 0.25) is 0 Å². The second-order valence-corrected chi connectivity index (χ2v) is 4.03. The first kappa shape index (κ1) is 12.2. The van der Waals surface area contributed by atoms with Crippen molar-refractivity contribution >= 4 is 5.91 Å². The molecule has 2 N–H and O–H groups in total. The number of primary amides is 1. The summed E-state index contributed by atoms with van der Waals surface area (Å²) in [4.78, 5) is 11.3. The van der Waals surface area contributed by atoms with Crippen molar-refractivity contribution in [3.63, 3.8) is 0 Å². The topological polar surface area (TPSA) is 52.3 Å². The molecule has 2 rings (SSSR count). The fraction of sp³-hybridized carbons (Fsp3) is 0.133. The van der Waals surface area contributed by atoms with Crippen LogP contribution in [0.1, 0.15) is 28.9 Å². The molecule has 18 heavy (non-hydrogen) atoms. The summed E-state index contributed by atoms with van der Waals surface area (Å²) in [6, 6.07) is 16.8. The van der Waals surface area contributed by atoms with Crippen molar-refractivity contribution < 1.29 is 9.53 Å². The van der Waals surface area contributed by atoms with Gasteiger partial charge in [-0.05, 0) is 24.6 Å². The van der Waals surface area contributed by atoms with Crippen LogP contribution >= 0.6 is 0 Å². The van der Waals surface area contributed by atoms with Crippen molar-refractivity contribution in [2.75, 3.05) is 0 Å². The molecule has 0 spiro atoms. The first-order chi connectivity index (χ1) is 8.68. The number of hydrogen-bond donors (Lipinski definition) is 1. The van der Waals surface area contributed by atoms with Crippen molar-refractivity contribution in [3.8, 4) is 5.75 Å². The molecule has 0 radical (unpaired) electrons. The van der Waals surface area contributed by atoms with E-state index >= 15 is 0 Å². The predicted molar refractivity (Wildman–Crippen MR) is 70.4 cm³/mol. The van der Waals surface area contributed by atoms with Gasteiger partial charge in [0.1, 0.15) is 11.9 Å². The average molecular weight is 241 g/mol. The van der Waals surface area contributed by atoms with E-state index in [0.717, 1.165) is 5.56 Å². The second-order valence-electron chi connectivity index (χ2n) is 4.03. The van der Waals surface area contributed by atoms with Crippen LogP contribution < -0.4 is 10.5 Å². The Labute approximate surface area is 106 Å². The van der Waals surface area contributed by atoms with Gasteiger partial charge in [-0.1, -0.05) is 42.5 Å². The Bertz CT molecular complexity index is 537. The van der Waals surface area contributed by atoms with Gasteiger partial charge in [-0.2, -0.15) is 0 Å². The maximum absolute atomic E-state index is 11.3. The standard InChI is InChI=1S/C15H15NO2/c1-11(12-7-3-2-4-8-12)18-14-10-6-5-9-13(14)15(16)17/h2-11H,1H3,(H2,16,17). The summed E-state index contributed by atoms with van der Waals surface area (Å²) in [5, 5.41) is 0. The molecule has 0 aromatic heterocycles. The van der Waals surface area contributed by atoms with E-state index in [4.69, 9.17) is 10.5 Å². The van der Waals surface area contributed by atoms with E-state index in [1.807, 2.05) is 43.3 Å². The van der Waals surface area contributed by atoms with Crippen molar-refractivity contribution in [2.45, 2.75) is 13.0 Å². The summed E-state index contributed by atoms with van der Waals surface area (Å²) >= 11 is 0. The van der Waals surface area contributed by atoms with Gasteiger partial charge in [-0.25, -0.2) is 0 Å². The molecule has 2 aromatic rings. The van der Waals surface area contributed by atoms with E-state index in [0.29, 0.717) is 11.3 Å². The number of amides is 1.